The van der Waals surface area contributed by atoms with E-state index in [9.17, 15) is 0 Å². The summed E-state index contributed by atoms with van der Waals surface area (Å²) in [6, 6.07) is 1.90. The number of nitrogens with zero attached hydrogens (tertiary/aromatic N) is 2. The molecule has 1 aromatic carbocycles. The second-order valence-electron chi connectivity index (χ2n) is 4.45. The summed E-state index contributed by atoms with van der Waals surface area (Å²) in [7, 11) is 0. The lowest BCUT2D eigenvalue weighted by molar-refractivity contribution is -0.151. The van der Waals surface area contributed by atoms with E-state index >= 15 is 0 Å². The van der Waals surface area contributed by atoms with Gasteiger partial charge in [-0.25, -0.2) is 0 Å². The van der Waals surface area contributed by atoms with Crippen LogP contribution in [-0.2, 0) is 15.3 Å². The molecule has 1 rings (SSSR count). The van der Waals surface area contributed by atoms with Crippen molar-refractivity contribution in [1.29, 1.82) is 10.5 Å². The third kappa shape index (κ3) is 2.24. The number of benzene rings is 1. The summed E-state index contributed by atoms with van der Waals surface area (Å²) in [4.78, 5) is 0. The van der Waals surface area contributed by atoms with Crippen molar-refractivity contribution in [2.75, 3.05) is 0 Å². The summed E-state index contributed by atoms with van der Waals surface area (Å²) in [5.41, 5.74) is 5.03. The lowest BCUT2D eigenvalue weighted by Gasteiger charge is -2.27. The fourth-order valence-electron chi connectivity index (χ4n) is 1.99. The largest absolute Gasteiger partial charge is 0.377 e. The molecule has 0 amide bonds. The van der Waals surface area contributed by atoms with Crippen molar-refractivity contribution in [2.24, 2.45) is 0 Å². The molecule has 94 valence electrons. The molecule has 0 heterocycles. The summed E-state index contributed by atoms with van der Waals surface area (Å²) in [6.45, 7) is 9.51. The van der Waals surface area contributed by atoms with E-state index in [0.29, 0.717) is 5.56 Å². The minimum atomic E-state index is -1.36. The molecule has 0 aliphatic heterocycles. The fraction of sp³-hybridized carbons (Fsp3) is 0.429. The van der Waals surface area contributed by atoms with Crippen LogP contribution in [0, 0.1) is 50.7 Å². The first-order valence-corrected chi connectivity index (χ1v) is 5.59. The number of hydrogen-bond acceptors (Lipinski definition) is 4. The van der Waals surface area contributed by atoms with Gasteiger partial charge in [-0.15, -0.1) is 0 Å². The molecule has 4 nitrogen and oxygen atoms in total. The number of rotatable bonds is 3. The summed E-state index contributed by atoms with van der Waals surface area (Å²) in [5, 5.41) is 17.4. The normalized spacial score (nSPS) is 10.4. The van der Waals surface area contributed by atoms with Crippen LogP contribution in [0.25, 0.3) is 0 Å². The Kier molecular flexibility index (Phi) is 3.83. The highest BCUT2D eigenvalue weighted by molar-refractivity contribution is 5.45. The van der Waals surface area contributed by atoms with Gasteiger partial charge in [-0.3, -0.25) is 0 Å². The second kappa shape index (κ2) is 4.98. The Hall–Kier alpha value is -2.20. The summed E-state index contributed by atoms with van der Waals surface area (Å²) < 4.78 is 9.89. The molecular weight excluding hydrogens is 228 g/mol. The predicted molar refractivity (Wildman–Crippen MR) is 66.1 cm³/mol. The molecule has 0 saturated heterocycles. The maximum atomic E-state index is 8.71. The molecule has 0 fully saturated rings. The van der Waals surface area contributed by atoms with Crippen LogP contribution in [0.1, 0.15) is 34.7 Å². The smallest absolute Gasteiger partial charge is 0.299 e. The van der Waals surface area contributed by atoms with Crippen LogP contribution in [0.2, 0.25) is 0 Å². The van der Waals surface area contributed by atoms with Crippen molar-refractivity contribution in [3.05, 3.63) is 33.9 Å². The lowest BCUT2D eigenvalue weighted by atomic mass is 9.91. The Balaban J connectivity index is 3.49. The Bertz CT molecular complexity index is 534. The third-order valence-corrected chi connectivity index (χ3v) is 3.45. The summed E-state index contributed by atoms with van der Waals surface area (Å²) in [6.07, 6.45) is 3.19. The summed E-state index contributed by atoms with van der Waals surface area (Å²) in [5.74, 6) is -1.36. The number of ether oxygens (including phenoxy) is 2. The first-order valence-electron chi connectivity index (χ1n) is 5.59. The van der Waals surface area contributed by atoms with Gasteiger partial charge in [-0.2, -0.15) is 10.5 Å². The Labute approximate surface area is 107 Å². The van der Waals surface area contributed by atoms with Crippen LogP contribution < -0.4 is 0 Å². The van der Waals surface area contributed by atoms with E-state index in [4.69, 9.17) is 20.0 Å². The maximum absolute atomic E-state index is 8.71. The molecule has 0 saturated carbocycles. The standard InChI is InChI=1S/C14H16N2O2/c1-9-6-13(12(4)11(3)10(9)2)14(5,17-7-15)18-8-16/h6H,1-5H3. The van der Waals surface area contributed by atoms with Crippen LogP contribution >= 0.6 is 0 Å². The van der Waals surface area contributed by atoms with Gasteiger partial charge in [-0.05, 0) is 56.0 Å². The van der Waals surface area contributed by atoms with Gasteiger partial charge in [0, 0.05) is 12.5 Å². The van der Waals surface area contributed by atoms with Gasteiger partial charge in [0.25, 0.3) is 18.3 Å². The fourth-order valence-corrected chi connectivity index (χ4v) is 1.99. The number of nitriles is 2. The predicted octanol–water partition coefficient (Wildman–Crippen LogP) is 3.09. The van der Waals surface area contributed by atoms with Crippen molar-refractivity contribution in [2.45, 2.75) is 40.4 Å². The van der Waals surface area contributed by atoms with E-state index in [-0.39, 0.29) is 0 Å². The highest BCUT2D eigenvalue weighted by Gasteiger charge is 2.34. The average Bonchev–Trinajstić information content (AvgIpc) is 2.31. The van der Waals surface area contributed by atoms with Crippen LogP contribution in [0.3, 0.4) is 0 Å². The van der Waals surface area contributed by atoms with Gasteiger partial charge in [-0.1, -0.05) is 0 Å². The highest BCUT2D eigenvalue weighted by atomic mass is 16.7. The third-order valence-electron chi connectivity index (χ3n) is 3.45. The monoisotopic (exact) mass is 244 g/mol. The molecule has 0 atom stereocenters. The molecule has 1 aromatic rings. The topological polar surface area (TPSA) is 66.0 Å². The van der Waals surface area contributed by atoms with Crippen LogP contribution in [-0.4, -0.2) is 0 Å². The molecule has 0 bridgehead atoms. The van der Waals surface area contributed by atoms with Crippen LogP contribution in [0.4, 0.5) is 0 Å². The molecule has 0 N–H and O–H groups in total. The van der Waals surface area contributed by atoms with Crippen LogP contribution in [0.5, 0.6) is 0 Å². The number of aryl methyl sites for hydroxylation is 1. The van der Waals surface area contributed by atoms with Gasteiger partial charge >= 0.3 is 0 Å². The van der Waals surface area contributed by atoms with E-state index in [1.807, 2.05) is 33.8 Å². The highest BCUT2D eigenvalue weighted by Crippen LogP contribution is 2.33. The Morgan fingerprint density at radius 2 is 1.44 bits per heavy atom. The van der Waals surface area contributed by atoms with Gasteiger partial charge in [0.2, 0.25) is 0 Å². The number of hydrogen-bond donors (Lipinski definition) is 0. The quantitative estimate of drug-likeness (QED) is 0.605. The zero-order chi connectivity index (χ0) is 13.9. The molecule has 0 aromatic heterocycles. The summed E-state index contributed by atoms with van der Waals surface area (Å²) >= 11 is 0. The molecule has 0 spiro atoms. The molecule has 0 unspecified atom stereocenters. The first kappa shape index (κ1) is 13.9. The zero-order valence-electron chi connectivity index (χ0n) is 11.3. The van der Waals surface area contributed by atoms with Crippen LogP contribution in [0.15, 0.2) is 6.07 Å². The van der Waals surface area contributed by atoms with Gasteiger partial charge < -0.3 is 9.47 Å². The second-order valence-corrected chi connectivity index (χ2v) is 4.45. The van der Waals surface area contributed by atoms with Gasteiger partial charge in [0.05, 0.1) is 0 Å². The van der Waals surface area contributed by atoms with Gasteiger partial charge in [0.15, 0.2) is 0 Å². The first-order chi connectivity index (χ1) is 8.37. The molecule has 0 aliphatic carbocycles. The van der Waals surface area contributed by atoms with Gasteiger partial charge in [0.1, 0.15) is 0 Å². The van der Waals surface area contributed by atoms with Crippen molar-refractivity contribution in [3.63, 3.8) is 0 Å². The molecule has 18 heavy (non-hydrogen) atoms. The van der Waals surface area contributed by atoms with E-state index in [0.717, 1.165) is 16.7 Å². The molecular formula is C14H16N2O2. The van der Waals surface area contributed by atoms with Crippen molar-refractivity contribution in [1.82, 2.24) is 0 Å². The minimum absolute atomic E-state index is 0.700. The van der Waals surface area contributed by atoms with E-state index in [2.05, 4.69) is 0 Å². The minimum Gasteiger partial charge on any atom is -0.377 e. The molecule has 0 aliphatic rings. The van der Waals surface area contributed by atoms with Crippen molar-refractivity contribution >= 4 is 0 Å². The van der Waals surface area contributed by atoms with Crippen molar-refractivity contribution in [3.8, 4) is 12.5 Å². The SMILES string of the molecule is Cc1cc(C(C)(OC#N)OC#N)c(C)c(C)c1C. The maximum Gasteiger partial charge on any atom is 0.299 e. The van der Waals surface area contributed by atoms with Crippen molar-refractivity contribution < 1.29 is 9.47 Å². The van der Waals surface area contributed by atoms with E-state index in [1.54, 1.807) is 19.4 Å². The van der Waals surface area contributed by atoms with E-state index < -0.39 is 5.79 Å². The van der Waals surface area contributed by atoms with E-state index in [1.165, 1.54) is 5.56 Å². The molecule has 4 heteroatoms. The molecule has 0 radical (unpaired) electrons. The Morgan fingerprint density at radius 3 is 1.89 bits per heavy atom. The lowest BCUT2D eigenvalue weighted by Crippen LogP contribution is -2.28. The Morgan fingerprint density at radius 1 is 0.944 bits per heavy atom. The average molecular weight is 244 g/mol. The zero-order valence-corrected chi connectivity index (χ0v) is 11.3.